The summed E-state index contributed by atoms with van der Waals surface area (Å²) < 4.78 is 5.01. The summed E-state index contributed by atoms with van der Waals surface area (Å²) >= 11 is 0. The Morgan fingerprint density at radius 3 is 2.53 bits per heavy atom. The number of amides is 1. The zero-order valence-electron chi connectivity index (χ0n) is 23.1. The Kier molecular flexibility index (Phi) is 9.23. The van der Waals surface area contributed by atoms with E-state index in [4.69, 9.17) is 10.5 Å². The molecule has 4 rings (SSSR count). The monoisotopic (exact) mass is 518 g/mol. The third-order valence-corrected chi connectivity index (χ3v) is 7.84. The molecule has 0 radical (unpaired) electrons. The van der Waals surface area contributed by atoms with E-state index in [1.54, 1.807) is 0 Å². The number of esters is 1. The number of methoxy groups -OCH3 is 1. The number of rotatable bonds is 11. The molecule has 0 spiro atoms. The van der Waals surface area contributed by atoms with Crippen LogP contribution in [0, 0.1) is 0 Å². The Bertz CT molecular complexity index is 1230. The quantitative estimate of drug-likeness (QED) is 0.257. The third-order valence-electron chi connectivity index (χ3n) is 7.84. The van der Waals surface area contributed by atoms with Gasteiger partial charge in [-0.05, 0) is 74.2 Å². The zero-order valence-corrected chi connectivity index (χ0v) is 23.1. The highest BCUT2D eigenvalue weighted by atomic mass is 16.5. The van der Waals surface area contributed by atoms with Gasteiger partial charge in [-0.2, -0.15) is 0 Å². The second kappa shape index (κ2) is 12.6. The molecule has 1 aliphatic rings. The van der Waals surface area contributed by atoms with E-state index in [9.17, 15) is 9.59 Å². The van der Waals surface area contributed by atoms with Gasteiger partial charge in [-0.3, -0.25) is 9.69 Å². The first-order valence-corrected chi connectivity index (χ1v) is 13.8. The minimum absolute atomic E-state index is 0.115. The number of carbonyl (C=O) groups is 2. The van der Waals surface area contributed by atoms with Crippen LogP contribution in [0.1, 0.15) is 68.3 Å². The first kappa shape index (κ1) is 27.9. The van der Waals surface area contributed by atoms with Crippen LogP contribution in [0.25, 0.3) is 10.9 Å². The number of unbranched alkanes of at least 4 members (excludes halogenated alkanes) is 1. The lowest BCUT2D eigenvalue weighted by molar-refractivity contribution is -0.146. The maximum absolute atomic E-state index is 13.8. The molecule has 1 aliphatic heterocycles. The number of ether oxygens (including phenoxy) is 1. The third kappa shape index (κ3) is 6.27. The molecule has 4 N–H and O–H groups in total. The van der Waals surface area contributed by atoms with Crippen molar-refractivity contribution in [2.45, 2.75) is 83.5 Å². The number of hydrogen-bond acceptors (Lipinski definition) is 5. The normalized spacial score (nSPS) is 17.3. The fourth-order valence-electron chi connectivity index (χ4n) is 5.58. The average Bonchev–Trinajstić information content (AvgIpc) is 3.29. The molecule has 2 aromatic carbocycles. The van der Waals surface area contributed by atoms with Gasteiger partial charge in [-0.15, -0.1) is 0 Å². The largest absolute Gasteiger partial charge is 0.467 e. The molecule has 0 aliphatic carbocycles. The van der Waals surface area contributed by atoms with E-state index in [1.807, 2.05) is 12.1 Å². The molecule has 7 nitrogen and oxygen atoms in total. The highest BCUT2D eigenvalue weighted by molar-refractivity contribution is 5.90. The predicted octanol–water partition coefficient (Wildman–Crippen LogP) is 4.44. The minimum Gasteiger partial charge on any atom is -0.467 e. The summed E-state index contributed by atoms with van der Waals surface area (Å²) in [7, 11) is 1.36. The summed E-state index contributed by atoms with van der Waals surface area (Å²) in [5, 5.41) is 4.19. The predicted molar refractivity (Wildman–Crippen MR) is 152 cm³/mol. The first-order valence-electron chi connectivity index (χ1n) is 13.8. The van der Waals surface area contributed by atoms with Crippen molar-refractivity contribution in [1.29, 1.82) is 0 Å². The molecule has 3 unspecified atom stereocenters. The first-order chi connectivity index (χ1) is 18.3. The number of H-pyrrole nitrogens is 1. The van der Waals surface area contributed by atoms with Crippen LogP contribution in [0.5, 0.6) is 0 Å². The van der Waals surface area contributed by atoms with Crippen LogP contribution in [0.4, 0.5) is 0 Å². The summed E-state index contributed by atoms with van der Waals surface area (Å²) in [6, 6.07) is 16.1. The van der Waals surface area contributed by atoms with E-state index in [0.29, 0.717) is 31.8 Å². The van der Waals surface area contributed by atoms with Crippen molar-refractivity contribution in [1.82, 2.24) is 15.2 Å². The number of para-hydroxylation sites is 1. The van der Waals surface area contributed by atoms with Crippen LogP contribution >= 0.6 is 0 Å². The van der Waals surface area contributed by atoms with Gasteiger partial charge < -0.3 is 20.8 Å². The highest BCUT2D eigenvalue weighted by Crippen LogP contribution is 2.32. The Balaban J connectivity index is 1.60. The van der Waals surface area contributed by atoms with Crippen molar-refractivity contribution in [3.63, 3.8) is 0 Å². The minimum atomic E-state index is -0.677. The topological polar surface area (TPSA) is 100 Å². The average molecular weight is 519 g/mol. The lowest BCUT2D eigenvalue weighted by atomic mass is 9.92. The van der Waals surface area contributed by atoms with Crippen molar-refractivity contribution >= 4 is 22.8 Å². The zero-order chi connectivity index (χ0) is 27.2. The number of hydrogen-bond donors (Lipinski definition) is 3. The molecular formula is C31H42N4O3. The van der Waals surface area contributed by atoms with Crippen LogP contribution < -0.4 is 11.1 Å². The number of fused-ring (bicyclic) bond motifs is 3. The molecule has 0 saturated heterocycles. The van der Waals surface area contributed by atoms with Crippen LogP contribution in [0.3, 0.4) is 0 Å². The Morgan fingerprint density at radius 2 is 1.84 bits per heavy atom. The standard InChI is InChI=1S/C31H42N4O3/c1-20(2)23-14-12-22(13-15-23)17-21(3)35-19-28-25(24-9-5-6-10-26(24)33-28)18-29(35)30(36)34-27(31(37)38-4)11-7-8-16-32/h5-6,9-10,12-15,20-21,27,29,33H,7-8,11,16-19,32H2,1-4H3,(H,34,36). The fourth-order valence-corrected chi connectivity index (χ4v) is 5.58. The van der Waals surface area contributed by atoms with Crippen LogP contribution in [-0.4, -0.2) is 53.5 Å². The molecule has 0 bridgehead atoms. The van der Waals surface area contributed by atoms with Gasteiger partial charge in [0.1, 0.15) is 6.04 Å². The van der Waals surface area contributed by atoms with Crippen molar-refractivity contribution in [2.24, 2.45) is 5.73 Å². The van der Waals surface area contributed by atoms with E-state index in [-0.39, 0.29) is 11.9 Å². The van der Waals surface area contributed by atoms with Gasteiger partial charge in [-0.1, -0.05) is 56.3 Å². The van der Waals surface area contributed by atoms with Crippen LogP contribution in [0.15, 0.2) is 48.5 Å². The fraction of sp³-hybridized carbons (Fsp3) is 0.484. The summed E-state index contributed by atoms with van der Waals surface area (Å²) in [6.07, 6.45) is 3.47. The number of nitrogens with two attached hydrogens (primary N) is 1. The molecule has 204 valence electrons. The summed E-state index contributed by atoms with van der Waals surface area (Å²) in [4.78, 5) is 32.2. The van der Waals surface area contributed by atoms with Crippen LogP contribution in [0.2, 0.25) is 0 Å². The summed E-state index contributed by atoms with van der Waals surface area (Å²) in [5.74, 6) is -0.0559. The molecule has 38 heavy (non-hydrogen) atoms. The molecule has 3 atom stereocenters. The highest BCUT2D eigenvalue weighted by Gasteiger charge is 2.37. The maximum Gasteiger partial charge on any atom is 0.328 e. The lowest BCUT2D eigenvalue weighted by Gasteiger charge is -2.39. The Morgan fingerprint density at radius 1 is 1.11 bits per heavy atom. The number of aromatic nitrogens is 1. The number of nitrogens with one attached hydrogen (secondary N) is 2. The molecule has 2 heterocycles. The van der Waals surface area contributed by atoms with Gasteiger partial charge >= 0.3 is 5.97 Å². The van der Waals surface area contributed by atoms with Gasteiger partial charge in [0.15, 0.2) is 0 Å². The number of carbonyl (C=O) groups excluding carboxylic acids is 2. The van der Waals surface area contributed by atoms with Crippen molar-refractivity contribution in [2.75, 3.05) is 13.7 Å². The lowest BCUT2D eigenvalue weighted by Crippen LogP contribution is -2.56. The van der Waals surface area contributed by atoms with E-state index in [0.717, 1.165) is 35.9 Å². The van der Waals surface area contributed by atoms with Gasteiger partial charge in [-0.25, -0.2) is 4.79 Å². The smallest absolute Gasteiger partial charge is 0.328 e. The summed E-state index contributed by atoms with van der Waals surface area (Å²) in [5.41, 5.74) is 11.6. The van der Waals surface area contributed by atoms with Crippen LogP contribution in [-0.2, 0) is 33.7 Å². The van der Waals surface area contributed by atoms with E-state index in [2.05, 4.69) is 72.4 Å². The Labute approximate surface area is 226 Å². The van der Waals surface area contributed by atoms with Crippen molar-refractivity contribution in [3.05, 3.63) is 70.9 Å². The van der Waals surface area contributed by atoms with Gasteiger partial charge in [0.2, 0.25) is 5.91 Å². The maximum atomic E-state index is 13.8. The second-order valence-corrected chi connectivity index (χ2v) is 10.8. The SMILES string of the molecule is COC(=O)C(CCCCN)NC(=O)C1Cc2c([nH]c3ccccc23)CN1C(C)Cc1ccc(C(C)C)cc1. The number of aromatic amines is 1. The number of benzene rings is 2. The van der Waals surface area contributed by atoms with Gasteiger partial charge in [0.05, 0.1) is 13.2 Å². The van der Waals surface area contributed by atoms with Gasteiger partial charge in [0, 0.05) is 29.2 Å². The molecule has 7 heteroatoms. The van der Waals surface area contributed by atoms with Crippen molar-refractivity contribution in [3.8, 4) is 0 Å². The number of nitrogens with zero attached hydrogens (tertiary/aromatic N) is 1. The van der Waals surface area contributed by atoms with E-state index in [1.165, 1.54) is 23.8 Å². The van der Waals surface area contributed by atoms with Gasteiger partial charge in [0.25, 0.3) is 0 Å². The molecule has 1 aromatic heterocycles. The second-order valence-electron chi connectivity index (χ2n) is 10.8. The summed E-state index contributed by atoms with van der Waals surface area (Å²) in [6.45, 7) is 7.78. The molecule has 3 aromatic rings. The van der Waals surface area contributed by atoms with E-state index < -0.39 is 18.1 Å². The molecule has 0 fully saturated rings. The Hall–Kier alpha value is -3.16. The van der Waals surface area contributed by atoms with Crippen molar-refractivity contribution < 1.29 is 14.3 Å². The van der Waals surface area contributed by atoms with E-state index >= 15 is 0 Å². The molecule has 1 amide bonds. The molecule has 0 saturated carbocycles. The molecular weight excluding hydrogens is 476 g/mol.